The monoisotopic (exact) mass is 626 g/mol. The number of nitrogens with zero attached hydrogens (tertiary/aromatic N) is 3. The summed E-state index contributed by atoms with van der Waals surface area (Å²) in [6.07, 6.45) is 0. The summed E-state index contributed by atoms with van der Waals surface area (Å²) >= 11 is 0. The average Bonchev–Trinajstić information content (AvgIpc) is 3.01. The van der Waals surface area contributed by atoms with Gasteiger partial charge >= 0.3 is 0 Å². The molecular formula is C31H38N4O8S. The van der Waals surface area contributed by atoms with Gasteiger partial charge in [0.2, 0.25) is 11.8 Å². The number of nitro benzene ring substituents is 1. The zero-order chi connectivity index (χ0) is 32.6. The van der Waals surface area contributed by atoms with E-state index in [0.717, 1.165) is 10.4 Å². The maximum Gasteiger partial charge on any atom is 0.273 e. The summed E-state index contributed by atoms with van der Waals surface area (Å²) in [6.45, 7) is 6.68. The lowest BCUT2D eigenvalue weighted by molar-refractivity contribution is -0.385. The van der Waals surface area contributed by atoms with Crippen LogP contribution in [0.15, 0.2) is 71.6 Å². The molecule has 0 fully saturated rings. The quantitative estimate of drug-likeness (QED) is 0.206. The first-order valence-corrected chi connectivity index (χ1v) is 15.3. The Morgan fingerprint density at radius 1 is 0.932 bits per heavy atom. The summed E-state index contributed by atoms with van der Waals surface area (Å²) < 4.78 is 39.4. The highest BCUT2D eigenvalue weighted by Crippen LogP contribution is 2.29. The van der Waals surface area contributed by atoms with E-state index in [1.165, 1.54) is 62.4 Å². The topological polar surface area (TPSA) is 148 Å². The zero-order valence-electron chi connectivity index (χ0n) is 25.6. The largest absolute Gasteiger partial charge is 0.497 e. The van der Waals surface area contributed by atoms with Crippen molar-refractivity contribution in [2.75, 3.05) is 31.6 Å². The molecule has 0 aliphatic heterocycles. The maximum atomic E-state index is 14.1. The van der Waals surface area contributed by atoms with Crippen LogP contribution in [0, 0.1) is 23.0 Å². The highest BCUT2D eigenvalue weighted by atomic mass is 32.2. The number of carbonyl (C=O) groups is 2. The van der Waals surface area contributed by atoms with Crippen molar-refractivity contribution in [3.8, 4) is 11.5 Å². The van der Waals surface area contributed by atoms with Crippen LogP contribution in [0.5, 0.6) is 11.5 Å². The van der Waals surface area contributed by atoms with E-state index in [-0.39, 0.29) is 34.3 Å². The summed E-state index contributed by atoms with van der Waals surface area (Å²) in [5, 5.41) is 14.4. The Balaban J connectivity index is 2.07. The molecule has 0 bridgehead atoms. The van der Waals surface area contributed by atoms with Crippen LogP contribution in [0.4, 0.5) is 11.4 Å². The second-order valence-electron chi connectivity index (χ2n) is 10.6. The van der Waals surface area contributed by atoms with E-state index in [9.17, 15) is 28.1 Å². The minimum Gasteiger partial charge on any atom is -0.497 e. The van der Waals surface area contributed by atoms with Gasteiger partial charge in [-0.25, -0.2) is 8.42 Å². The van der Waals surface area contributed by atoms with Crippen molar-refractivity contribution in [2.45, 2.75) is 45.2 Å². The Morgan fingerprint density at radius 2 is 1.50 bits per heavy atom. The Morgan fingerprint density at radius 3 is 2.02 bits per heavy atom. The lowest BCUT2D eigenvalue weighted by Gasteiger charge is -2.32. The van der Waals surface area contributed by atoms with Crippen molar-refractivity contribution < 1.29 is 32.4 Å². The average molecular weight is 627 g/mol. The minimum atomic E-state index is -4.50. The molecule has 0 saturated carbocycles. The molecule has 1 N–H and O–H groups in total. The third-order valence-corrected chi connectivity index (χ3v) is 8.74. The molecule has 1 atom stereocenters. The molecule has 3 aromatic carbocycles. The first-order chi connectivity index (χ1) is 20.8. The van der Waals surface area contributed by atoms with Crippen molar-refractivity contribution >= 4 is 33.2 Å². The predicted octanol–water partition coefficient (Wildman–Crippen LogP) is 4.31. The Hall–Kier alpha value is -4.65. The third-order valence-electron chi connectivity index (χ3n) is 6.97. The van der Waals surface area contributed by atoms with Crippen LogP contribution in [-0.2, 0) is 26.2 Å². The third kappa shape index (κ3) is 8.25. The summed E-state index contributed by atoms with van der Waals surface area (Å²) in [5.41, 5.74) is 0.732. The Bertz CT molecular complexity index is 1580. The Labute approximate surface area is 257 Å². The van der Waals surface area contributed by atoms with E-state index in [1.807, 2.05) is 13.8 Å². The zero-order valence-corrected chi connectivity index (χ0v) is 26.5. The summed E-state index contributed by atoms with van der Waals surface area (Å²) in [5.74, 6) is 0.187. The van der Waals surface area contributed by atoms with Crippen molar-refractivity contribution in [2.24, 2.45) is 5.92 Å². The van der Waals surface area contributed by atoms with Gasteiger partial charge in [-0.3, -0.25) is 24.0 Å². The van der Waals surface area contributed by atoms with Crippen molar-refractivity contribution in [3.63, 3.8) is 0 Å². The van der Waals surface area contributed by atoms with Crippen molar-refractivity contribution in [1.82, 2.24) is 10.2 Å². The highest BCUT2D eigenvalue weighted by molar-refractivity contribution is 7.92. The lowest BCUT2D eigenvalue weighted by atomic mass is 10.1. The molecule has 0 aliphatic carbocycles. The van der Waals surface area contributed by atoms with E-state index in [0.29, 0.717) is 23.6 Å². The maximum absolute atomic E-state index is 14.1. The van der Waals surface area contributed by atoms with E-state index in [1.54, 1.807) is 31.2 Å². The fourth-order valence-corrected chi connectivity index (χ4v) is 5.75. The minimum absolute atomic E-state index is 0.00555. The van der Waals surface area contributed by atoms with Gasteiger partial charge < -0.3 is 19.7 Å². The number of nitrogens with one attached hydrogen (secondary N) is 1. The lowest BCUT2D eigenvalue weighted by Crippen LogP contribution is -2.51. The van der Waals surface area contributed by atoms with E-state index < -0.39 is 39.3 Å². The first-order valence-electron chi connectivity index (χ1n) is 13.9. The smallest absolute Gasteiger partial charge is 0.273 e. The van der Waals surface area contributed by atoms with Crippen LogP contribution >= 0.6 is 0 Å². The highest BCUT2D eigenvalue weighted by Gasteiger charge is 2.33. The number of amides is 2. The van der Waals surface area contributed by atoms with E-state index in [2.05, 4.69) is 5.32 Å². The molecule has 2 amide bonds. The van der Waals surface area contributed by atoms with Crippen molar-refractivity contribution in [1.29, 1.82) is 0 Å². The fourth-order valence-electron chi connectivity index (χ4n) is 4.31. The molecule has 0 aromatic heterocycles. The molecule has 13 heteroatoms. The molecular weight excluding hydrogens is 588 g/mol. The number of hydrogen-bond acceptors (Lipinski definition) is 8. The number of anilines is 1. The van der Waals surface area contributed by atoms with Gasteiger partial charge in [0.05, 0.1) is 29.7 Å². The predicted molar refractivity (Wildman–Crippen MR) is 166 cm³/mol. The van der Waals surface area contributed by atoms with Crippen molar-refractivity contribution in [3.05, 3.63) is 88.0 Å². The molecule has 0 spiro atoms. The van der Waals surface area contributed by atoms with Gasteiger partial charge in [0.1, 0.15) is 24.1 Å². The van der Waals surface area contributed by atoms with Crippen LogP contribution in [0.1, 0.15) is 31.9 Å². The number of rotatable bonds is 14. The number of ether oxygens (including phenoxy) is 2. The van der Waals surface area contributed by atoms with Crippen LogP contribution < -0.4 is 19.1 Å². The standard InChI is InChI=1S/C31H38N4O8S/c1-21(2)18-32-31(37)23(4)33(19-24-8-12-26(42-5)13-9-24)30(36)20-34(25-10-14-27(43-6)15-11-25)44(40,41)28-16-7-22(3)29(17-28)35(38)39/h7-17,21,23H,18-20H2,1-6H3,(H,32,37)/t23-/m1/s1. The summed E-state index contributed by atoms with van der Waals surface area (Å²) in [6, 6.07) is 15.6. The number of methoxy groups -OCH3 is 2. The first kappa shape index (κ1) is 33.8. The fraction of sp³-hybridized carbons (Fsp3) is 0.355. The normalized spacial score (nSPS) is 11.9. The van der Waals surface area contributed by atoms with Gasteiger partial charge in [-0.15, -0.1) is 0 Å². The number of hydrogen-bond donors (Lipinski definition) is 1. The number of sulfonamides is 1. The van der Waals surface area contributed by atoms with Crippen LogP contribution in [0.3, 0.4) is 0 Å². The molecule has 0 heterocycles. The van der Waals surface area contributed by atoms with E-state index in [4.69, 9.17) is 9.47 Å². The number of carbonyl (C=O) groups excluding carboxylic acids is 2. The van der Waals surface area contributed by atoms with Crippen LogP contribution in [-0.4, -0.2) is 63.4 Å². The molecule has 236 valence electrons. The molecule has 0 unspecified atom stereocenters. The second-order valence-corrected chi connectivity index (χ2v) is 12.5. The molecule has 0 saturated heterocycles. The Kier molecular flexibility index (Phi) is 11.3. The molecule has 3 aromatic rings. The molecule has 3 rings (SSSR count). The van der Waals surface area contributed by atoms with Crippen LogP contribution in [0.25, 0.3) is 0 Å². The van der Waals surface area contributed by atoms with E-state index >= 15 is 0 Å². The summed E-state index contributed by atoms with van der Waals surface area (Å²) in [7, 11) is -1.51. The molecule has 12 nitrogen and oxygen atoms in total. The summed E-state index contributed by atoms with van der Waals surface area (Å²) in [4.78, 5) is 39.1. The molecule has 0 aliphatic rings. The number of aryl methyl sites for hydroxylation is 1. The SMILES string of the molecule is COc1ccc(CN(C(=O)CN(c2ccc(OC)cc2)S(=O)(=O)c2ccc(C)c([N+](=O)[O-])c2)[C@H](C)C(=O)NCC(C)C)cc1. The van der Waals surface area contributed by atoms with Gasteiger partial charge in [0.25, 0.3) is 15.7 Å². The van der Waals surface area contributed by atoms with Gasteiger partial charge in [-0.05, 0) is 67.8 Å². The van der Waals surface area contributed by atoms with Gasteiger partial charge in [-0.2, -0.15) is 0 Å². The number of benzene rings is 3. The molecule has 44 heavy (non-hydrogen) atoms. The van der Waals surface area contributed by atoms with Gasteiger partial charge in [0.15, 0.2) is 0 Å². The number of nitro groups is 1. The van der Waals surface area contributed by atoms with Gasteiger partial charge in [-0.1, -0.05) is 32.0 Å². The van der Waals surface area contributed by atoms with Gasteiger partial charge in [0, 0.05) is 24.7 Å². The molecule has 0 radical (unpaired) electrons. The second kappa shape index (κ2) is 14.7. The van der Waals surface area contributed by atoms with Crippen LogP contribution in [0.2, 0.25) is 0 Å².